The minimum Gasteiger partial charge on any atom is -0.396 e. The van der Waals surface area contributed by atoms with E-state index in [1.807, 2.05) is 29.2 Å². The maximum Gasteiger partial charge on any atom is 0.250 e. The second-order valence-corrected chi connectivity index (χ2v) is 8.49. The van der Waals surface area contributed by atoms with Crippen molar-refractivity contribution in [2.24, 2.45) is 11.8 Å². The number of hydrogen-bond donors (Lipinski definition) is 1. The number of pyridine rings is 1. The van der Waals surface area contributed by atoms with E-state index in [0.29, 0.717) is 25.3 Å². The Morgan fingerprint density at radius 2 is 1.87 bits per heavy atom. The molecule has 4 heterocycles. The number of carbonyl (C=O) groups is 2. The highest BCUT2D eigenvalue weighted by Gasteiger charge is 2.57. The third-order valence-corrected chi connectivity index (χ3v) is 7.01. The topological polar surface area (TPSA) is 82.9 Å². The van der Waals surface area contributed by atoms with Crippen molar-refractivity contribution in [2.45, 2.75) is 38.5 Å². The molecule has 3 aliphatic rings. The van der Waals surface area contributed by atoms with Crippen LogP contribution < -0.4 is 5.56 Å². The van der Waals surface area contributed by atoms with E-state index in [0.717, 1.165) is 12.0 Å². The van der Waals surface area contributed by atoms with E-state index in [1.165, 1.54) is 18.6 Å². The molecule has 2 amide bonds. The zero-order chi connectivity index (χ0) is 21.0. The SMILES string of the molecule is CC(=O)N1[C@@H]2Cn3c(cccc3=O)[C@H]1[C@@H](C(=O)N1CCc3ccccc3C1)[C@@H]2CO. The average Bonchev–Trinajstić information content (AvgIpc) is 3.00. The maximum atomic E-state index is 13.8. The van der Waals surface area contributed by atoms with Crippen LogP contribution in [0.15, 0.2) is 47.3 Å². The molecule has 0 unspecified atom stereocenters. The first kappa shape index (κ1) is 19.1. The summed E-state index contributed by atoms with van der Waals surface area (Å²) >= 11 is 0. The molecule has 5 rings (SSSR count). The summed E-state index contributed by atoms with van der Waals surface area (Å²) in [5.41, 5.74) is 2.94. The number of carbonyl (C=O) groups excluding carboxylic acids is 2. The zero-order valence-corrected chi connectivity index (χ0v) is 16.9. The number of aliphatic hydroxyl groups is 1. The lowest BCUT2D eigenvalue weighted by atomic mass is 9.85. The molecule has 0 radical (unpaired) electrons. The second-order valence-electron chi connectivity index (χ2n) is 8.49. The van der Waals surface area contributed by atoms with E-state index in [-0.39, 0.29) is 30.0 Å². The molecule has 2 bridgehead atoms. The molecule has 2 aromatic rings. The summed E-state index contributed by atoms with van der Waals surface area (Å²) in [5, 5.41) is 10.2. The van der Waals surface area contributed by atoms with Crippen molar-refractivity contribution in [3.63, 3.8) is 0 Å². The van der Waals surface area contributed by atoms with E-state index >= 15 is 0 Å². The molecule has 7 heteroatoms. The molecule has 0 spiro atoms. The van der Waals surface area contributed by atoms with Crippen molar-refractivity contribution in [3.8, 4) is 0 Å². The molecular weight excluding hydrogens is 382 g/mol. The highest BCUT2D eigenvalue weighted by atomic mass is 16.3. The lowest BCUT2D eigenvalue weighted by Gasteiger charge is -2.38. The Hall–Kier alpha value is -2.93. The van der Waals surface area contributed by atoms with Crippen LogP contribution in [0.1, 0.15) is 29.8 Å². The number of amides is 2. The number of fused-ring (bicyclic) bond motifs is 5. The first-order chi connectivity index (χ1) is 14.5. The highest BCUT2D eigenvalue weighted by molar-refractivity contribution is 5.84. The molecule has 1 saturated heterocycles. The average molecular weight is 407 g/mol. The fourth-order valence-electron chi connectivity index (χ4n) is 5.66. The Kier molecular flexibility index (Phi) is 4.50. The number of nitrogens with zero attached hydrogens (tertiary/aromatic N) is 3. The van der Waals surface area contributed by atoms with Crippen LogP contribution >= 0.6 is 0 Å². The van der Waals surface area contributed by atoms with Crippen molar-refractivity contribution >= 4 is 11.8 Å². The normalized spacial score (nSPS) is 26.9. The number of benzene rings is 1. The molecule has 1 N–H and O–H groups in total. The van der Waals surface area contributed by atoms with Crippen LogP contribution in [0.25, 0.3) is 0 Å². The van der Waals surface area contributed by atoms with E-state index < -0.39 is 17.9 Å². The van der Waals surface area contributed by atoms with Crippen LogP contribution in [0.3, 0.4) is 0 Å². The molecule has 4 atom stereocenters. The maximum absolute atomic E-state index is 13.8. The van der Waals surface area contributed by atoms with Gasteiger partial charge in [0.1, 0.15) is 0 Å². The quantitative estimate of drug-likeness (QED) is 0.803. The molecule has 1 aromatic carbocycles. The van der Waals surface area contributed by atoms with Crippen molar-refractivity contribution in [1.82, 2.24) is 14.4 Å². The summed E-state index contributed by atoms with van der Waals surface area (Å²) in [5.74, 6) is -1.15. The Balaban J connectivity index is 1.56. The van der Waals surface area contributed by atoms with Gasteiger partial charge >= 0.3 is 0 Å². The van der Waals surface area contributed by atoms with Crippen molar-refractivity contribution in [3.05, 3.63) is 69.6 Å². The van der Waals surface area contributed by atoms with E-state index in [4.69, 9.17) is 0 Å². The van der Waals surface area contributed by atoms with Gasteiger partial charge in [0.05, 0.1) is 18.0 Å². The fourth-order valence-corrected chi connectivity index (χ4v) is 5.66. The summed E-state index contributed by atoms with van der Waals surface area (Å²) < 4.78 is 1.66. The number of aromatic nitrogens is 1. The number of hydrogen-bond acceptors (Lipinski definition) is 4. The largest absolute Gasteiger partial charge is 0.396 e. The van der Waals surface area contributed by atoms with E-state index in [2.05, 4.69) is 6.07 Å². The standard InChI is InChI=1S/C23H25N3O4/c1-14(28)26-19-12-25-18(7-4-8-20(25)29)22(26)21(17(19)13-27)23(30)24-10-9-15-5-2-3-6-16(15)11-24/h2-8,17,19,21-22,27H,9-13H2,1H3/t17-,19-,21+,22+/m1/s1. The van der Waals surface area contributed by atoms with Gasteiger partial charge in [-0.1, -0.05) is 30.3 Å². The highest BCUT2D eigenvalue weighted by Crippen LogP contribution is 2.49. The monoisotopic (exact) mass is 407 g/mol. The Morgan fingerprint density at radius 1 is 1.10 bits per heavy atom. The molecule has 156 valence electrons. The van der Waals surface area contributed by atoms with Gasteiger partial charge in [0.25, 0.3) is 5.56 Å². The number of aliphatic hydroxyl groups excluding tert-OH is 1. The lowest BCUT2D eigenvalue weighted by Crippen LogP contribution is -2.48. The van der Waals surface area contributed by atoms with Crippen LogP contribution in [0, 0.1) is 11.8 Å². The predicted molar refractivity (Wildman–Crippen MR) is 109 cm³/mol. The van der Waals surface area contributed by atoms with Crippen molar-refractivity contribution in [2.75, 3.05) is 13.2 Å². The molecule has 1 aromatic heterocycles. The van der Waals surface area contributed by atoms with Crippen LogP contribution in [0.2, 0.25) is 0 Å². The Labute approximate surface area is 174 Å². The molecule has 30 heavy (non-hydrogen) atoms. The minimum atomic E-state index is -0.565. The van der Waals surface area contributed by atoms with Crippen molar-refractivity contribution < 1.29 is 14.7 Å². The Morgan fingerprint density at radius 3 is 2.60 bits per heavy atom. The Bertz CT molecular complexity index is 1080. The van der Waals surface area contributed by atoms with Crippen LogP contribution in [-0.2, 0) is 29.1 Å². The van der Waals surface area contributed by atoms with Gasteiger partial charge < -0.3 is 19.5 Å². The van der Waals surface area contributed by atoms with Crippen LogP contribution in [0.4, 0.5) is 0 Å². The molecule has 7 nitrogen and oxygen atoms in total. The second kappa shape index (κ2) is 7.09. The summed E-state index contributed by atoms with van der Waals surface area (Å²) in [6, 6.07) is 12.2. The van der Waals surface area contributed by atoms with Gasteiger partial charge in [0, 0.05) is 50.8 Å². The summed E-state index contributed by atoms with van der Waals surface area (Å²) in [4.78, 5) is 42.4. The third-order valence-electron chi connectivity index (χ3n) is 7.01. The van der Waals surface area contributed by atoms with E-state index in [1.54, 1.807) is 15.5 Å². The summed E-state index contributed by atoms with van der Waals surface area (Å²) in [6.45, 7) is 2.75. The minimum absolute atomic E-state index is 0.0490. The van der Waals surface area contributed by atoms with Gasteiger partial charge in [-0.15, -0.1) is 0 Å². The predicted octanol–water partition coefficient (Wildman–Crippen LogP) is 0.943. The first-order valence-corrected chi connectivity index (χ1v) is 10.5. The molecular formula is C23H25N3O4. The summed E-state index contributed by atoms with van der Waals surface area (Å²) in [6.07, 6.45) is 0.791. The van der Waals surface area contributed by atoms with Gasteiger partial charge in [-0.2, -0.15) is 0 Å². The van der Waals surface area contributed by atoms with Gasteiger partial charge in [0.15, 0.2) is 0 Å². The lowest BCUT2D eigenvalue weighted by molar-refractivity contribution is -0.140. The molecule has 1 fully saturated rings. The van der Waals surface area contributed by atoms with Crippen molar-refractivity contribution in [1.29, 1.82) is 0 Å². The molecule has 0 aliphatic carbocycles. The molecule has 3 aliphatic heterocycles. The van der Waals surface area contributed by atoms with Crippen LogP contribution in [0.5, 0.6) is 0 Å². The van der Waals surface area contributed by atoms with Gasteiger partial charge in [-0.05, 0) is 23.6 Å². The number of rotatable bonds is 2. The van der Waals surface area contributed by atoms with Gasteiger partial charge in [-0.3, -0.25) is 14.4 Å². The van der Waals surface area contributed by atoms with E-state index in [9.17, 15) is 19.5 Å². The fraction of sp³-hybridized carbons (Fsp3) is 0.435. The zero-order valence-electron chi connectivity index (χ0n) is 16.9. The van der Waals surface area contributed by atoms with Gasteiger partial charge in [0.2, 0.25) is 11.8 Å². The van der Waals surface area contributed by atoms with Gasteiger partial charge in [-0.25, -0.2) is 0 Å². The first-order valence-electron chi connectivity index (χ1n) is 10.5. The van der Waals surface area contributed by atoms with Crippen LogP contribution in [-0.4, -0.2) is 50.5 Å². The molecule has 0 saturated carbocycles. The third kappa shape index (κ3) is 2.72. The summed E-state index contributed by atoms with van der Waals surface area (Å²) in [7, 11) is 0. The smallest absolute Gasteiger partial charge is 0.250 e.